The summed E-state index contributed by atoms with van der Waals surface area (Å²) in [5, 5.41) is 5.81. The highest BCUT2D eigenvalue weighted by atomic mass is 32.1. The van der Waals surface area contributed by atoms with Crippen LogP contribution in [-0.2, 0) is 4.74 Å². The zero-order valence-electron chi connectivity index (χ0n) is 17.6. The number of benzene rings is 2. The molecule has 0 spiro atoms. The Morgan fingerprint density at radius 3 is 2.16 bits per heavy atom. The standard InChI is InChI=1S/C23H22N2O5S/c1-13-7-5-6-8-17(13)20(26)25-22-18(23(28)30-4)14(2)19(31-22)21(27)24-15-9-11-16(29-3)12-10-15/h5-12H,1-4H3,(H,24,27)(H,25,26). The van der Waals surface area contributed by atoms with Crippen LogP contribution in [0.2, 0.25) is 0 Å². The molecule has 0 aliphatic rings. The molecule has 0 aliphatic carbocycles. The molecule has 31 heavy (non-hydrogen) atoms. The van der Waals surface area contributed by atoms with E-state index in [9.17, 15) is 14.4 Å². The second-order valence-electron chi connectivity index (χ2n) is 6.70. The molecule has 8 heteroatoms. The van der Waals surface area contributed by atoms with Crippen LogP contribution in [0.5, 0.6) is 5.75 Å². The summed E-state index contributed by atoms with van der Waals surface area (Å²) in [5.74, 6) is -0.724. The number of anilines is 2. The van der Waals surface area contributed by atoms with Crippen LogP contribution in [0.15, 0.2) is 48.5 Å². The fourth-order valence-electron chi connectivity index (χ4n) is 3.03. The van der Waals surface area contributed by atoms with Crippen LogP contribution in [0, 0.1) is 13.8 Å². The first-order valence-corrected chi connectivity index (χ1v) is 10.2. The molecule has 0 aliphatic heterocycles. The first-order valence-electron chi connectivity index (χ1n) is 9.39. The first kappa shape index (κ1) is 22.0. The number of carbonyl (C=O) groups is 3. The predicted octanol–water partition coefficient (Wildman–Crippen LogP) is 4.66. The molecule has 0 atom stereocenters. The summed E-state index contributed by atoms with van der Waals surface area (Å²) in [6.45, 7) is 3.47. The second-order valence-corrected chi connectivity index (χ2v) is 7.72. The van der Waals surface area contributed by atoms with Gasteiger partial charge in [-0.1, -0.05) is 18.2 Å². The minimum Gasteiger partial charge on any atom is -0.497 e. The summed E-state index contributed by atoms with van der Waals surface area (Å²) >= 11 is 1.02. The highest BCUT2D eigenvalue weighted by Gasteiger charge is 2.27. The van der Waals surface area contributed by atoms with Crippen molar-refractivity contribution in [2.75, 3.05) is 24.9 Å². The number of aryl methyl sites for hydroxylation is 1. The van der Waals surface area contributed by atoms with Gasteiger partial charge in [0.1, 0.15) is 10.8 Å². The summed E-state index contributed by atoms with van der Waals surface area (Å²) in [7, 11) is 2.81. The number of nitrogens with one attached hydrogen (secondary N) is 2. The summed E-state index contributed by atoms with van der Waals surface area (Å²) in [5.41, 5.74) is 2.44. The van der Waals surface area contributed by atoms with Crippen LogP contribution < -0.4 is 15.4 Å². The Balaban J connectivity index is 1.92. The van der Waals surface area contributed by atoms with Crippen LogP contribution >= 0.6 is 11.3 Å². The van der Waals surface area contributed by atoms with Gasteiger partial charge in [-0.05, 0) is 55.3 Å². The van der Waals surface area contributed by atoms with Crippen molar-refractivity contribution in [1.82, 2.24) is 0 Å². The van der Waals surface area contributed by atoms with Gasteiger partial charge in [-0.3, -0.25) is 9.59 Å². The smallest absolute Gasteiger partial charge is 0.341 e. The Bertz CT molecular complexity index is 1140. The van der Waals surface area contributed by atoms with E-state index >= 15 is 0 Å². The maximum Gasteiger partial charge on any atom is 0.341 e. The van der Waals surface area contributed by atoms with Crippen molar-refractivity contribution in [3.8, 4) is 5.75 Å². The van der Waals surface area contributed by atoms with Gasteiger partial charge < -0.3 is 20.1 Å². The van der Waals surface area contributed by atoms with Crippen molar-refractivity contribution in [2.45, 2.75) is 13.8 Å². The summed E-state index contributed by atoms with van der Waals surface area (Å²) in [6, 6.07) is 14.0. The van der Waals surface area contributed by atoms with Crippen LogP contribution in [0.1, 0.15) is 41.5 Å². The van der Waals surface area contributed by atoms with Crippen LogP contribution in [0.3, 0.4) is 0 Å². The lowest BCUT2D eigenvalue weighted by atomic mass is 10.1. The molecule has 3 rings (SSSR count). The fraction of sp³-hybridized carbons (Fsp3) is 0.174. The fourth-order valence-corrected chi connectivity index (χ4v) is 4.11. The number of hydrogen-bond acceptors (Lipinski definition) is 6. The summed E-state index contributed by atoms with van der Waals surface area (Å²) in [4.78, 5) is 38.3. The quantitative estimate of drug-likeness (QED) is 0.546. The molecule has 0 bridgehead atoms. The zero-order chi connectivity index (χ0) is 22.5. The number of thiophene rings is 1. The molecule has 1 heterocycles. The molecule has 0 saturated heterocycles. The van der Waals surface area contributed by atoms with Gasteiger partial charge in [-0.25, -0.2) is 4.79 Å². The van der Waals surface area contributed by atoms with Crippen molar-refractivity contribution in [1.29, 1.82) is 0 Å². The molecule has 2 aromatic carbocycles. The molecule has 0 unspecified atom stereocenters. The van der Waals surface area contributed by atoms with E-state index < -0.39 is 11.9 Å². The molecule has 0 radical (unpaired) electrons. The van der Waals surface area contributed by atoms with Crippen molar-refractivity contribution in [3.63, 3.8) is 0 Å². The van der Waals surface area contributed by atoms with E-state index in [0.29, 0.717) is 27.4 Å². The van der Waals surface area contributed by atoms with E-state index in [1.165, 1.54) is 7.11 Å². The third kappa shape index (κ3) is 4.75. The first-order chi connectivity index (χ1) is 14.8. The molecular formula is C23H22N2O5S. The van der Waals surface area contributed by atoms with E-state index in [4.69, 9.17) is 9.47 Å². The number of ether oxygens (including phenoxy) is 2. The molecule has 0 saturated carbocycles. The molecule has 0 fully saturated rings. The Hall–Kier alpha value is -3.65. The van der Waals surface area contributed by atoms with Gasteiger partial charge in [0.2, 0.25) is 0 Å². The summed E-state index contributed by atoms with van der Waals surface area (Å²) < 4.78 is 9.99. The Morgan fingerprint density at radius 1 is 0.871 bits per heavy atom. The van der Waals surface area contributed by atoms with Crippen LogP contribution in [0.25, 0.3) is 0 Å². The Kier molecular flexibility index (Phi) is 6.71. The van der Waals surface area contributed by atoms with Gasteiger partial charge >= 0.3 is 5.97 Å². The number of hydrogen-bond donors (Lipinski definition) is 2. The number of methoxy groups -OCH3 is 2. The average molecular weight is 439 g/mol. The third-order valence-corrected chi connectivity index (χ3v) is 5.91. The number of carbonyl (C=O) groups excluding carboxylic acids is 3. The van der Waals surface area contributed by atoms with Gasteiger partial charge in [0.05, 0.1) is 24.7 Å². The lowest BCUT2D eigenvalue weighted by Gasteiger charge is -2.08. The lowest BCUT2D eigenvalue weighted by Crippen LogP contribution is -2.15. The molecule has 1 aromatic heterocycles. The van der Waals surface area contributed by atoms with Crippen LogP contribution in [-0.4, -0.2) is 32.0 Å². The van der Waals surface area contributed by atoms with E-state index in [0.717, 1.165) is 16.9 Å². The lowest BCUT2D eigenvalue weighted by molar-refractivity contribution is 0.0601. The minimum atomic E-state index is -0.627. The number of rotatable bonds is 6. The molecule has 3 aromatic rings. The van der Waals surface area contributed by atoms with Gasteiger partial charge in [0.15, 0.2) is 0 Å². The zero-order valence-corrected chi connectivity index (χ0v) is 18.4. The molecule has 2 amide bonds. The normalized spacial score (nSPS) is 10.3. The van der Waals surface area contributed by atoms with Gasteiger partial charge in [0, 0.05) is 11.3 Å². The van der Waals surface area contributed by atoms with Crippen molar-refractivity contribution in [2.24, 2.45) is 0 Å². The van der Waals surface area contributed by atoms with E-state index in [-0.39, 0.29) is 16.5 Å². The van der Waals surface area contributed by atoms with E-state index in [1.54, 1.807) is 50.4 Å². The third-order valence-electron chi connectivity index (χ3n) is 4.71. The average Bonchev–Trinajstić information content (AvgIpc) is 3.09. The molecule has 7 nitrogen and oxygen atoms in total. The topological polar surface area (TPSA) is 93.7 Å². The van der Waals surface area contributed by atoms with E-state index in [2.05, 4.69) is 10.6 Å². The van der Waals surface area contributed by atoms with Gasteiger partial charge in [-0.2, -0.15) is 0 Å². The highest BCUT2D eigenvalue weighted by Crippen LogP contribution is 2.34. The number of esters is 1. The molecule has 160 valence electrons. The predicted molar refractivity (Wildman–Crippen MR) is 120 cm³/mol. The summed E-state index contributed by atoms with van der Waals surface area (Å²) in [6.07, 6.45) is 0. The SMILES string of the molecule is COC(=O)c1c(NC(=O)c2ccccc2C)sc(C(=O)Nc2ccc(OC)cc2)c1C. The second kappa shape index (κ2) is 9.44. The van der Waals surface area contributed by atoms with Crippen molar-refractivity contribution in [3.05, 3.63) is 75.7 Å². The Labute approximate surface area is 184 Å². The molecule has 2 N–H and O–H groups in total. The minimum absolute atomic E-state index is 0.161. The largest absolute Gasteiger partial charge is 0.497 e. The van der Waals surface area contributed by atoms with E-state index in [1.807, 2.05) is 19.1 Å². The monoisotopic (exact) mass is 438 g/mol. The maximum atomic E-state index is 12.9. The highest BCUT2D eigenvalue weighted by molar-refractivity contribution is 7.19. The molecular weight excluding hydrogens is 416 g/mol. The number of amides is 2. The van der Waals surface area contributed by atoms with Gasteiger partial charge in [0.25, 0.3) is 11.8 Å². The maximum absolute atomic E-state index is 12.9. The van der Waals surface area contributed by atoms with Crippen LogP contribution in [0.4, 0.5) is 10.7 Å². The van der Waals surface area contributed by atoms with Crippen molar-refractivity contribution >= 4 is 39.8 Å². The van der Waals surface area contributed by atoms with Gasteiger partial charge in [-0.15, -0.1) is 11.3 Å². The van der Waals surface area contributed by atoms with Crippen molar-refractivity contribution < 1.29 is 23.9 Å². The Morgan fingerprint density at radius 2 is 1.55 bits per heavy atom.